The van der Waals surface area contributed by atoms with Gasteiger partial charge in [0.1, 0.15) is 0 Å². The molecular weight excluding hydrogens is 1030 g/mol. The van der Waals surface area contributed by atoms with E-state index >= 15 is 4.21 Å². The van der Waals surface area contributed by atoms with Crippen LogP contribution in [-0.4, -0.2) is 4.21 Å². The Morgan fingerprint density at radius 3 is 0.573 bits per heavy atom. The van der Waals surface area contributed by atoms with Crippen molar-refractivity contribution in [2.45, 2.75) is 19.6 Å². The molecule has 10 heteroatoms. The lowest BCUT2D eigenvalue weighted by atomic mass is 10.0. The predicted molar refractivity (Wildman–Crippen MR) is 324 cm³/mol. The van der Waals surface area contributed by atoms with E-state index in [0.29, 0.717) is 0 Å². The highest BCUT2D eigenvalue weighted by Crippen LogP contribution is 2.73. The average molecular weight is 1080 g/mol. The van der Waals surface area contributed by atoms with Crippen molar-refractivity contribution in [1.82, 2.24) is 0 Å². The number of hydrogen-bond donors (Lipinski definition) is 0. The summed E-state index contributed by atoms with van der Waals surface area (Å²) in [4.78, 5) is 12.0. The van der Waals surface area contributed by atoms with Gasteiger partial charge in [0, 0.05) is 73.7 Å². The van der Waals surface area contributed by atoms with Crippen LogP contribution in [0.4, 0.5) is 68.2 Å². The molecule has 12 aromatic carbocycles. The van der Waals surface area contributed by atoms with E-state index in [4.69, 9.17) is 18.9 Å². The fourth-order valence-corrected chi connectivity index (χ4v) is 18.6. The van der Waals surface area contributed by atoms with Gasteiger partial charge in [-0.1, -0.05) is 97.1 Å². The van der Waals surface area contributed by atoms with E-state index in [0.717, 1.165) is 156 Å². The van der Waals surface area contributed by atoms with Crippen LogP contribution in [0.1, 0.15) is 0 Å². The lowest BCUT2D eigenvalue weighted by Gasteiger charge is -2.40. The summed E-state index contributed by atoms with van der Waals surface area (Å²) >= 11 is 0. The van der Waals surface area contributed by atoms with Gasteiger partial charge in [0.2, 0.25) is 0 Å². The lowest BCUT2D eigenvalue weighted by Crippen LogP contribution is -2.30. The Labute approximate surface area is 472 Å². The van der Waals surface area contributed by atoms with Crippen molar-refractivity contribution in [2.24, 2.45) is 0 Å². The maximum Gasteiger partial charge on any atom is 0.151 e. The van der Waals surface area contributed by atoms with Crippen molar-refractivity contribution in [3.8, 4) is 68.2 Å². The van der Waals surface area contributed by atoms with Gasteiger partial charge in [0.25, 0.3) is 0 Å². The fourth-order valence-electron chi connectivity index (χ4n) is 13.5. The summed E-state index contributed by atoms with van der Waals surface area (Å²) in [5.41, 5.74) is 14.4. The molecule has 82 heavy (non-hydrogen) atoms. The third-order valence-electron chi connectivity index (χ3n) is 16.9. The van der Waals surface area contributed by atoms with E-state index < -0.39 is 9.07 Å². The molecule has 0 N–H and O–H groups in total. The van der Waals surface area contributed by atoms with Crippen LogP contribution in [0.15, 0.2) is 287 Å². The van der Waals surface area contributed by atoms with Crippen LogP contribution < -0.4 is 38.5 Å². The molecule has 0 bridgehead atoms. The molecule has 12 aromatic rings. The summed E-state index contributed by atoms with van der Waals surface area (Å²) in [7, 11) is -4.58. The standard InChI is InChI=1S/C72H44N4O5S/c77-82(69-37-33-45(73-53-17-1-9-25-61(53)78-62-26-10-2-18-54(62)73)41-49(69)50-42-46(34-38-70(50)82)74-55-19-3-11-27-63(55)79-64-28-12-4-20-56(64)74)71-39-35-47(75-57-21-5-13-29-65(57)80-66-30-14-6-22-58(66)75)43-51(71)52-44-48(36-40-72(52)82)76-59-23-7-15-31-67(59)81-68-32-16-8-24-60(68)76/h1-44H. The van der Waals surface area contributed by atoms with Crippen molar-refractivity contribution >= 4 is 77.3 Å². The number of anilines is 12. The predicted octanol–water partition coefficient (Wildman–Crippen LogP) is 20.3. The highest BCUT2D eigenvalue weighted by atomic mass is 32.3. The second-order valence-electron chi connectivity index (χ2n) is 21.2. The Kier molecular flexibility index (Phi) is 9.01. The summed E-state index contributed by atoms with van der Waals surface area (Å²) in [6.45, 7) is 0. The number of ether oxygens (including phenoxy) is 4. The van der Waals surface area contributed by atoms with Gasteiger partial charge in [-0.15, -0.1) is 0 Å². The largest absolute Gasteiger partial charge is 0.453 e. The van der Waals surface area contributed by atoms with Gasteiger partial charge in [-0.05, 0) is 170 Å². The first-order valence-electron chi connectivity index (χ1n) is 27.4. The zero-order valence-electron chi connectivity index (χ0n) is 43.6. The lowest BCUT2D eigenvalue weighted by molar-refractivity contribution is 0.476. The monoisotopic (exact) mass is 1080 g/mol. The molecule has 0 saturated heterocycles. The first kappa shape index (κ1) is 45.1. The smallest absolute Gasteiger partial charge is 0.151 e. The van der Waals surface area contributed by atoms with Gasteiger partial charge in [-0.2, -0.15) is 0 Å². The molecule has 6 heterocycles. The molecule has 0 unspecified atom stereocenters. The van der Waals surface area contributed by atoms with E-state index in [-0.39, 0.29) is 0 Å². The number of benzene rings is 12. The van der Waals surface area contributed by atoms with Crippen LogP contribution >= 0.6 is 0 Å². The second kappa shape index (κ2) is 16.4. The van der Waals surface area contributed by atoms with Crippen LogP contribution in [0.5, 0.6) is 46.0 Å². The molecule has 18 rings (SSSR count). The first-order chi connectivity index (χ1) is 40.5. The van der Waals surface area contributed by atoms with Crippen LogP contribution in [0.2, 0.25) is 0 Å². The maximum absolute atomic E-state index is 19.1. The second-order valence-corrected chi connectivity index (χ2v) is 24.8. The van der Waals surface area contributed by atoms with Crippen LogP contribution in [0.3, 0.4) is 0 Å². The molecule has 0 atom stereocenters. The van der Waals surface area contributed by atoms with Crippen LogP contribution in [0, 0.1) is 0 Å². The van der Waals surface area contributed by atoms with Crippen molar-refractivity contribution in [2.75, 3.05) is 19.6 Å². The zero-order valence-corrected chi connectivity index (χ0v) is 44.5. The van der Waals surface area contributed by atoms with Crippen LogP contribution in [0.25, 0.3) is 22.3 Å². The molecule has 9 nitrogen and oxygen atoms in total. The van der Waals surface area contributed by atoms with Gasteiger partial charge in [-0.25, -0.2) is 0 Å². The number of nitrogens with zero attached hydrogens (tertiary/aromatic N) is 4. The van der Waals surface area contributed by atoms with E-state index in [9.17, 15) is 0 Å². The number of para-hydroxylation sites is 16. The van der Waals surface area contributed by atoms with Crippen molar-refractivity contribution in [3.63, 3.8) is 0 Å². The summed E-state index contributed by atoms with van der Waals surface area (Å²) < 4.78 is 45.3. The van der Waals surface area contributed by atoms with Gasteiger partial charge < -0.3 is 38.5 Å². The summed E-state index contributed by atoms with van der Waals surface area (Å²) in [6, 6.07) is 91.3. The van der Waals surface area contributed by atoms with Crippen molar-refractivity contribution in [1.29, 1.82) is 0 Å². The Hall–Kier alpha value is -10.8. The molecular formula is C72H44N4O5S. The molecule has 0 aliphatic carbocycles. The third kappa shape index (κ3) is 5.92. The molecule has 0 aromatic heterocycles. The molecule has 6 aliphatic rings. The molecule has 0 radical (unpaired) electrons. The van der Waals surface area contributed by atoms with Crippen LogP contribution in [-0.2, 0) is 9.07 Å². The number of fused-ring (bicyclic) bond motifs is 18. The third-order valence-corrected chi connectivity index (χ3v) is 21.7. The Morgan fingerprint density at radius 2 is 0.390 bits per heavy atom. The van der Waals surface area contributed by atoms with Gasteiger partial charge in [0.15, 0.2) is 46.0 Å². The zero-order chi connectivity index (χ0) is 53.9. The Balaban J connectivity index is 0.930. The van der Waals surface area contributed by atoms with Gasteiger partial charge >= 0.3 is 0 Å². The van der Waals surface area contributed by atoms with Crippen molar-refractivity contribution in [3.05, 3.63) is 267 Å². The maximum atomic E-state index is 19.1. The number of hydrogen-bond acceptors (Lipinski definition) is 9. The molecule has 6 aliphatic heterocycles. The topological polar surface area (TPSA) is 67.0 Å². The van der Waals surface area contributed by atoms with Gasteiger partial charge in [-0.3, -0.25) is 4.21 Å². The minimum atomic E-state index is -4.58. The quantitative estimate of drug-likeness (QED) is 0.171. The average Bonchev–Trinajstić information content (AvgIpc) is 1.49. The Bertz CT molecular complexity index is 4070. The van der Waals surface area contributed by atoms with E-state index in [1.807, 2.05) is 146 Å². The molecule has 1 spiro atoms. The molecule has 0 saturated carbocycles. The summed E-state index contributed by atoms with van der Waals surface area (Å²) in [5.74, 6) is 6.00. The molecule has 0 fully saturated rings. The SMILES string of the molecule is O=S12(c3ccc(N4c5ccccc5Oc5ccccc54)cc3-c3cc(N4c5ccccc5Oc5ccccc54)ccc31)c1ccc(N3c4ccccc4Oc4ccccc43)cc1-c1cc(N3c4ccccc4Oc4ccccc43)ccc12. The van der Waals surface area contributed by atoms with E-state index in [2.05, 4.69) is 141 Å². The van der Waals surface area contributed by atoms with Crippen molar-refractivity contribution < 1.29 is 23.2 Å². The highest BCUT2D eigenvalue weighted by molar-refractivity contribution is 8.21. The first-order valence-corrected chi connectivity index (χ1v) is 29.3. The molecule has 388 valence electrons. The van der Waals surface area contributed by atoms with E-state index in [1.165, 1.54) is 0 Å². The minimum Gasteiger partial charge on any atom is -0.453 e. The summed E-state index contributed by atoms with van der Waals surface area (Å²) in [5, 5.41) is 0. The number of rotatable bonds is 4. The Morgan fingerprint density at radius 1 is 0.220 bits per heavy atom. The minimum absolute atomic E-state index is 0.745. The molecule has 0 amide bonds. The van der Waals surface area contributed by atoms with Gasteiger partial charge in [0.05, 0.1) is 45.5 Å². The normalized spacial score (nSPS) is 15.4. The summed E-state index contributed by atoms with van der Waals surface area (Å²) in [6.07, 6.45) is 0. The van der Waals surface area contributed by atoms with E-state index in [1.54, 1.807) is 0 Å². The highest BCUT2D eigenvalue weighted by Gasteiger charge is 2.58. The fraction of sp³-hybridized carbons (Fsp3) is 0.